The summed E-state index contributed by atoms with van der Waals surface area (Å²) >= 11 is 0. The van der Waals surface area contributed by atoms with E-state index in [0.717, 1.165) is 0 Å². The molecule has 0 spiro atoms. The van der Waals surface area contributed by atoms with Gasteiger partial charge in [0, 0.05) is 6.20 Å². The van der Waals surface area contributed by atoms with Crippen LogP contribution in [0.2, 0.25) is 0 Å². The van der Waals surface area contributed by atoms with Crippen LogP contribution in [0, 0.1) is 0 Å². The van der Waals surface area contributed by atoms with Gasteiger partial charge in [-0.25, -0.2) is 0 Å². The zero-order valence-electron chi connectivity index (χ0n) is 7.32. The van der Waals surface area contributed by atoms with E-state index in [4.69, 9.17) is 16.3 Å². The standard InChI is InChI=1S/C8H12N4O/c1-13-6-2-3-7(11-5-6)8(4-9)12-10/h2-5,12H,9-10H2,1H3/b8-4-. The summed E-state index contributed by atoms with van der Waals surface area (Å²) in [4.78, 5) is 4.08. The van der Waals surface area contributed by atoms with E-state index in [-0.39, 0.29) is 0 Å². The van der Waals surface area contributed by atoms with Gasteiger partial charge in [0.2, 0.25) is 0 Å². The molecule has 5 N–H and O–H groups in total. The fourth-order valence-electron chi connectivity index (χ4n) is 0.868. The van der Waals surface area contributed by atoms with E-state index in [1.807, 2.05) is 0 Å². The third-order valence-electron chi connectivity index (χ3n) is 1.57. The zero-order chi connectivity index (χ0) is 9.68. The average Bonchev–Trinajstić information content (AvgIpc) is 2.21. The second kappa shape index (κ2) is 4.32. The van der Waals surface area contributed by atoms with Crippen molar-refractivity contribution in [2.45, 2.75) is 0 Å². The second-order valence-corrected chi connectivity index (χ2v) is 2.31. The SMILES string of the molecule is COc1ccc(/C(=C/N)NN)nc1. The van der Waals surface area contributed by atoms with Gasteiger partial charge in [-0.3, -0.25) is 10.8 Å². The van der Waals surface area contributed by atoms with Crippen LogP contribution in [0.25, 0.3) is 5.70 Å². The Kier molecular flexibility index (Phi) is 3.10. The van der Waals surface area contributed by atoms with Crippen molar-refractivity contribution in [2.75, 3.05) is 7.11 Å². The number of hydrazine groups is 1. The van der Waals surface area contributed by atoms with Gasteiger partial charge in [0.25, 0.3) is 0 Å². The number of hydrogen-bond acceptors (Lipinski definition) is 5. The second-order valence-electron chi connectivity index (χ2n) is 2.31. The summed E-state index contributed by atoms with van der Waals surface area (Å²) in [6.07, 6.45) is 2.95. The number of ether oxygens (including phenoxy) is 1. The number of nitrogens with one attached hydrogen (secondary N) is 1. The highest BCUT2D eigenvalue weighted by Gasteiger charge is 1.99. The molecule has 13 heavy (non-hydrogen) atoms. The number of hydrogen-bond donors (Lipinski definition) is 3. The van der Waals surface area contributed by atoms with E-state index < -0.39 is 0 Å². The number of pyridine rings is 1. The van der Waals surface area contributed by atoms with Gasteiger partial charge >= 0.3 is 0 Å². The van der Waals surface area contributed by atoms with E-state index in [0.29, 0.717) is 17.1 Å². The molecule has 0 bridgehead atoms. The van der Waals surface area contributed by atoms with Crippen LogP contribution >= 0.6 is 0 Å². The largest absolute Gasteiger partial charge is 0.495 e. The number of nitrogens with zero attached hydrogens (tertiary/aromatic N) is 1. The zero-order valence-corrected chi connectivity index (χ0v) is 7.32. The van der Waals surface area contributed by atoms with Gasteiger partial charge in [-0.1, -0.05) is 0 Å². The molecule has 0 aliphatic heterocycles. The summed E-state index contributed by atoms with van der Waals surface area (Å²) in [5, 5.41) is 0. The van der Waals surface area contributed by atoms with Crippen LogP contribution < -0.4 is 21.7 Å². The van der Waals surface area contributed by atoms with Gasteiger partial charge in [0.15, 0.2) is 0 Å². The maximum atomic E-state index is 5.31. The molecule has 1 aromatic rings. The summed E-state index contributed by atoms with van der Waals surface area (Å²) < 4.78 is 4.95. The van der Waals surface area contributed by atoms with E-state index in [1.54, 1.807) is 25.4 Å². The lowest BCUT2D eigenvalue weighted by atomic mass is 10.3. The summed E-state index contributed by atoms with van der Waals surface area (Å²) in [6, 6.07) is 3.54. The highest BCUT2D eigenvalue weighted by molar-refractivity contribution is 5.59. The van der Waals surface area contributed by atoms with Crippen LogP contribution in [0.4, 0.5) is 0 Å². The molecular weight excluding hydrogens is 168 g/mol. The fraction of sp³-hybridized carbons (Fsp3) is 0.125. The van der Waals surface area contributed by atoms with E-state index in [9.17, 15) is 0 Å². The van der Waals surface area contributed by atoms with Crippen molar-refractivity contribution < 1.29 is 4.74 Å². The number of aromatic nitrogens is 1. The molecule has 0 radical (unpaired) electrons. The highest BCUT2D eigenvalue weighted by Crippen LogP contribution is 2.11. The lowest BCUT2D eigenvalue weighted by Crippen LogP contribution is -2.21. The lowest BCUT2D eigenvalue weighted by molar-refractivity contribution is 0.413. The van der Waals surface area contributed by atoms with Crippen molar-refractivity contribution in [1.82, 2.24) is 10.4 Å². The lowest BCUT2D eigenvalue weighted by Gasteiger charge is -2.05. The van der Waals surface area contributed by atoms with Crippen LogP contribution in [0.15, 0.2) is 24.5 Å². The normalized spacial score (nSPS) is 11.1. The summed E-state index contributed by atoms with van der Waals surface area (Å²) in [5.74, 6) is 5.91. The molecule has 0 amide bonds. The van der Waals surface area contributed by atoms with Crippen molar-refractivity contribution in [3.8, 4) is 5.75 Å². The Balaban J connectivity index is 2.91. The van der Waals surface area contributed by atoms with Crippen molar-refractivity contribution in [3.05, 3.63) is 30.2 Å². The Morgan fingerprint density at radius 3 is 2.77 bits per heavy atom. The van der Waals surface area contributed by atoms with Gasteiger partial charge in [0.1, 0.15) is 5.75 Å². The Bertz CT molecular complexity index is 294. The quantitative estimate of drug-likeness (QED) is 0.443. The number of nitrogens with two attached hydrogens (primary N) is 2. The molecule has 1 aromatic heterocycles. The minimum Gasteiger partial charge on any atom is -0.495 e. The predicted octanol–water partition coefficient (Wildman–Crippen LogP) is -0.189. The van der Waals surface area contributed by atoms with Crippen molar-refractivity contribution >= 4 is 5.70 Å². The molecule has 0 saturated carbocycles. The third-order valence-corrected chi connectivity index (χ3v) is 1.57. The molecule has 0 unspecified atom stereocenters. The van der Waals surface area contributed by atoms with Crippen molar-refractivity contribution in [1.29, 1.82) is 0 Å². The molecule has 1 heterocycles. The molecule has 70 valence electrons. The Morgan fingerprint density at radius 1 is 1.62 bits per heavy atom. The first-order valence-corrected chi connectivity index (χ1v) is 3.70. The van der Waals surface area contributed by atoms with Crippen LogP contribution in [0.1, 0.15) is 5.69 Å². The fourth-order valence-corrected chi connectivity index (χ4v) is 0.868. The molecule has 1 rings (SSSR count). The Hall–Kier alpha value is -1.75. The van der Waals surface area contributed by atoms with E-state index in [2.05, 4.69) is 10.4 Å². The molecule has 0 aromatic carbocycles. The van der Waals surface area contributed by atoms with Gasteiger partial charge in [-0.05, 0) is 12.1 Å². The summed E-state index contributed by atoms with van der Waals surface area (Å²) in [7, 11) is 1.58. The first kappa shape index (κ1) is 9.34. The van der Waals surface area contributed by atoms with Crippen molar-refractivity contribution in [3.63, 3.8) is 0 Å². The summed E-state index contributed by atoms with van der Waals surface area (Å²) in [5.41, 5.74) is 8.99. The smallest absolute Gasteiger partial charge is 0.137 e. The average molecular weight is 180 g/mol. The van der Waals surface area contributed by atoms with Crippen molar-refractivity contribution in [2.24, 2.45) is 11.6 Å². The minimum absolute atomic E-state index is 0.572. The van der Waals surface area contributed by atoms with Crippen LogP contribution in [-0.2, 0) is 0 Å². The molecular formula is C8H12N4O. The molecule has 5 nitrogen and oxygen atoms in total. The molecule has 0 saturated heterocycles. The van der Waals surface area contributed by atoms with E-state index in [1.165, 1.54) is 6.20 Å². The van der Waals surface area contributed by atoms with Gasteiger partial charge in [-0.2, -0.15) is 0 Å². The first-order chi connectivity index (χ1) is 6.31. The molecule has 0 atom stereocenters. The van der Waals surface area contributed by atoms with Crippen LogP contribution in [0.5, 0.6) is 5.75 Å². The molecule has 0 aliphatic carbocycles. The topological polar surface area (TPSA) is 86.2 Å². The van der Waals surface area contributed by atoms with Gasteiger partial charge < -0.3 is 15.9 Å². The molecule has 5 heteroatoms. The van der Waals surface area contributed by atoms with Crippen LogP contribution in [0.3, 0.4) is 0 Å². The van der Waals surface area contributed by atoms with Gasteiger partial charge in [-0.15, -0.1) is 0 Å². The Labute approximate surface area is 76.4 Å². The first-order valence-electron chi connectivity index (χ1n) is 3.70. The Morgan fingerprint density at radius 2 is 2.38 bits per heavy atom. The van der Waals surface area contributed by atoms with Gasteiger partial charge in [0.05, 0.1) is 24.7 Å². The maximum Gasteiger partial charge on any atom is 0.137 e. The monoisotopic (exact) mass is 180 g/mol. The number of methoxy groups -OCH3 is 1. The van der Waals surface area contributed by atoms with E-state index >= 15 is 0 Å². The molecule has 0 aliphatic rings. The predicted molar refractivity (Wildman–Crippen MR) is 50.3 cm³/mol. The maximum absolute atomic E-state index is 5.31. The molecule has 0 fully saturated rings. The third kappa shape index (κ3) is 2.09. The number of rotatable bonds is 3. The summed E-state index contributed by atoms with van der Waals surface area (Å²) in [6.45, 7) is 0. The highest BCUT2D eigenvalue weighted by atomic mass is 16.5. The minimum atomic E-state index is 0.572. The van der Waals surface area contributed by atoms with Crippen LogP contribution in [-0.4, -0.2) is 12.1 Å².